The van der Waals surface area contributed by atoms with E-state index in [0.717, 1.165) is 55.9 Å². The van der Waals surface area contributed by atoms with Gasteiger partial charge in [0, 0.05) is 27.7 Å². The van der Waals surface area contributed by atoms with Gasteiger partial charge in [-0.2, -0.15) is 0 Å². The maximum absolute atomic E-state index is 6.50. The molecule has 0 spiro atoms. The van der Waals surface area contributed by atoms with Crippen LogP contribution in [-0.4, -0.2) is 0 Å². The van der Waals surface area contributed by atoms with Gasteiger partial charge in [0.1, 0.15) is 11.2 Å². The third kappa shape index (κ3) is 5.71. The molecule has 0 aliphatic heterocycles. The van der Waals surface area contributed by atoms with Crippen molar-refractivity contribution in [2.75, 3.05) is 4.90 Å². The zero-order chi connectivity index (χ0) is 35.8. The van der Waals surface area contributed by atoms with Crippen LogP contribution in [0.5, 0.6) is 0 Å². The van der Waals surface area contributed by atoms with Gasteiger partial charge in [-0.3, -0.25) is 0 Å². The summed E-state index contributed by atoms with van der Waals surface area (Å²) in [6.07, 6.45) is 0. The molecule has 0 bridgehead atoms. The molecule has 10 aromatic rings. The third-order valence-corrected chi connectivity index (χ3v) is 10.5. The van der Waals surface area contributed by atoms with Gasteiger partial charge in [0.15, 0.2) is 0 Å². The first-order valence-electron chi connectivity index (χ1n) is 18.4. The lowest BCUT2D eigenvalue weighted by Gasteiger charge is -2.29. The highest BCUT2D eigenvalue weighted by atomic mass is 16.3. The smallest absolute Gasteiger partial charge is 0.136 e. The molecule has 254 valence electrons. The molecule has 1 heterocycles. The molecule has 0 radical (unpaired) electrons. The molecule has 2 nitrogen and oxygen atoms in total. The summed E-state index contributed by atoms with van der Waals surface area (Å²) in [7, 11) is 0. The minimum Gasteiger partial charge on any atom is -0.456 e. The van der Waals surface area contributed by atoms with Gasteiger partial charge in [-0.05, 0) is 104 Å². The van der Waals surface area contributed by atoms with Gasteiger partial charge < -0.3 is 9.32 Å². The van der Waals surface area contributed by atoms with Crippen molar-refractivity contribution in [1.82, 2.24) is 0 Å². The van der Waals surface area contributed by atoms with E-state index in [-0.39, 0.29) is 0 Å². The molecule has 0 aliphatic rings. The maximum Gasteiger partial charge on any atom is 0.136 e. The highest BCUT2D eigenvalue weighted by Gasteiger charge is 2.20. The number of benzene rings is 9. The van der Waals surface area contributed by atoms with Gasteiger partial charge in [-0.25, -0.2) is 0 Å². The summed E-state index contributed by atoms with van der Waals surface area (Å²) in [4.78, 5) is 2.39. The van der Waals surface area contributed by atoms with Crippen LogP contribution >= 0.6 is 0 Å². The van der Waals surface area contributed by atoms with E-state index in [1.807, 2.05) is 0 Å². The molecule has 0 atom stereocenters. The van der Waals surface area contributed by atoms with Crippen molar-refractivity contribution < 1.29 is 4.42 Å². The lowest BCUT2D eigenvalue weighted by atomic mass is 9.95. The van der Waals surface area contributed by atoms with E-state index in [9.17, 15) is 0 Å². The van der Waals surface area contributed by atoms with Crippen LogP contribution in [0.1, 0.15) is 0 Å². The Balaban J connectivity index is 1.14. The molecule has 1 aromatic heterocycles. The van der Waals surface area contributed by atoms with E-state index < -0.39 is 0 Å². The lowest BCUT2D eigenvalue weighted by Crippen LogP contribution is -2.11. The average Bonchev–Trinajstić information content (AvgIpc) is 3.64. The van der Waals surface area contributed by atoms with Crippen molar-refractivity contribution >= 4 is 49.8 Å². The van der Waals surface area contributed by atoms with Crippen LogP contribution in [0, 0.1) is 0 Å². The minimum atomic E-state index is 0.891. The quantitative estimate of drug-likeness (QED) is 0.166. The molecule has 0 saturated heterocycles. The zero-order valence-electron chi connectivity index (χ0n) is 29.6. The van der Waals surface area contributed by atoms with E-state index in [1.54, 1.807) is 0 Å². The summed E-state index contributed by atoms with van der Waals surface area (Å²) in [6.45, 7) is 0. The van der Waals surface area contributed by atoms with Crippen LogP contribution in [0.15, 0.2) is 217 Å². The molecule has 0 fully saturated rings. The van der Waals surface area contributed by atoms with Crippen LogP contribution in [0.3, 0.4) is 0 Å². The molecule has 10 rings (SSSR count). The molecule has 0 unspecified atom stereocenters. The topological polar surface area (TPSA) is 16.4 Å². The summed E-state index contributed by atoms with van der Waals surface area (Å²) >= 11 is 0. The molecule has 9 aromatic carbocycles. The molecule has 0 amide bonds. The van der Waals surface area contributed by atoms with Crippen molar-refractivity contribution in [3.63, 3.8) is 0 Å². The van der Waals surface area contributed by atoms with E-state index >= 15 is 0 Å². The highest BCUT2D eigenvalue weighted by Crippen LogP contribution is 2.44. The van der Waals surface area contributed by atoms with Crippen LogP contribution in [-0.2, 0) is 0 Å². The monoisotopic (exact) mass is 689 g/mol. The van der Waals surface area contributed by atoms with Gasteiger partial charge in [0.25, 0.3) is 0 Å². The average molecular weight is 690 g/mol. The Morgan fingerprint density at radius 2 is 0.889 bits per heavy atom. The third-order valence-electron chi connectivity index (χ3n) is 10.5. The largest absolute Gasteiger partial charge is 0.456 e. The predicted molar refractivity (Wildman–Crippen MR) is 228 cm³/mol. The van der Waals surface area contributed by atoms with E-state index in [4.69, 9.17) is 4.42 Å². The SMILES string of the molecule is c1ccc(-c2ccc(N(c3cccc(-c4ccccc4)c3)c3ccc(-c4ccc5c(c4)oc4ccc6ccccc6c45)cc3-c3ccccc3)cc2)cc1. The fourth-order valence-electron chi connectivity index (χ4n) is 7.80. The number of fused-ring (bicyclic) bond motifs is 5. The van der Waals surface area contributed by atoms with E-state index in [0.29, 0.717) is 0 Å². The summed E-state index contributed by atoms with van der Waals surface area (Å²) in [5.41, 5.74) is 14.3. The summed E-state index contributed by atoms with van der Waals surface area (Å²) in [6, 6.07) is 75.9. The van der Waals surface area contributed by atoms with Crippen LogP contribution in [0.25, 0.3) is 77.2 Å². The molecule has 54 heavy (non-hydrogen) atoms. The summed E-state index contributed by atoms with van der Waals surface area (Å²) in [5.74, 6) is 0. The van der Waals surface area contributed by atoms with Crippen molar-refractivity contribution in [3.05, 3.63) is 212 Å². The fraction of sp³-hybridized carbons (Fsp3) is 0. The summed E-state index contributed by atoms with van der Waals surface area (Å²) < 4.78 is 6.50. The van der Waals surface area contributed by atoms with Gasteiger partial charge >= 0.3 is 0 Å². The normalized spacial score (nSPS) is 11.3. The molecule has 0 N–H and O–H groups in total. The van der Waals surface area contributed by atoms with Crippen molar-refractivity contribution in [1.29, 1.82) is 0 Å². The Hall–Kier alpha value is -7.16. The molecule has 0 aliphatic carbocycles. The number of furan rings is 1. The second-order valence-corrected chi connectivity index (χ2v) is 13.7. The Morgan fingerprint density at radius 3 is 1.65 bits per heavy atom. The Morgan fingerprint density at radius 1 is 0.315 bits per heavy atom. The summed E-state index contributed by atoms with van der Waals surface area (Å²) in [5, 5.41) is 4.73. The maximum atomic E-state index is 6.50. The van der Waals surface area contributed by atoms with Crippen molar-refractivity contribution in [2.24, 2.45) is 0 Å². The van der Waals surface area contributed by atoms with Crippen LogP contribution in [0.2, 0.25) is 0 Å². The Labute approximate surface area is 314 Å². The minimum absolute atomic E-state index is 0.891. The molecular weight excluding hydrogens is 655 g/mol. The van der Waals surface area contributed by atoms with Gasteiger partial charge in [-0.1, -0.05) is 158 Å². The van der Waals surface area contributed by atoms with E-state index in [1.165, 1.54) is 38.4 Å². The first-order valence-corrected chi connectivity index (χ1v) is 18.4. The van der Waals surface area contributed by atoms with Crippen molar-refractivity contribution in [2.45, 2.75) is 0 Å². The molecular formula is C52H35NO. The number of hydrogen-bond donors (Lipinski definition) is 0. The van der Waals surface area contributed by atoms with Crippen LogP contribution < -0.4 is 4.90 Å². The van der Waals surface area contributed by atoms with Crippen molar-refractivity contribution in [3.8, 4) is 44.5 Å². The number of anilines is 3. The van der Waals surface area contributed by atoms with Gasteiger partial charge in [0.05, 0.1) is 5.69 Å². The van der Waals surface area contributed by atoms with E-state index in [2.05, 4.69) is 217 Å². The van der Waals surface area contributed by atoms with Gasteiger partial charge in [0.2, 0.25) is 0 Å². The molecule has 0 saturated carbocycles. The first-order chi connectivity index (χ1) is 26.8. The zero-order valence-corrected chi connectivity index (χ0v) is 29.6. The van der Waals surface area contributed by atoms with Gasteiger partial charge in [-0.15, -0.1) is 0 Å². The Kier molecular flexibility index (Phi) is 7.85. The first kappa shape index (κ1) is 31.6. The Bertz CT molecular complexity index is 2910. The van der Waals surface area contributed by atoms with Crippen LogP contribution in [0.4, 0.5) is 17.1 Å². The highest BCUT2D eigenvalue weighted by molar-refractivity contribution is 6.19. The standard InChI is InChI=1S/C52H35NO/c1-4-13-36(14-5-1)38-23-28-44(29-24-38)53(45-21-12-20-41(33-45)37-15-6-2-7-16-37)49-31-26-42(34-48(49)39-17-8-3-9-18-39)43-25-30-47-51(35-43)54-50-32-27-40-19-10-11-22-46(40)52(47)50/h1-35H. The fourth-order valence-corrected chi connectivity index (χ4v) is 7.80. The number of rotatable bonds is 7. The lowest BCUT2D eigenvalue weighted by molar-refractivity contribution is 0.669. The predicted octanol–water partition coefficient (Wildman–Crippen LogP) is 14.9. The molecule has 2 heteroatoms. The number of nitrogens with zero attached hydrogens (tertiary/aromatic N) is 1. The second-order valence-electron chi connectivity index (χ2n) is 13.7. The second kappa shape index (κ2) is 13.4. The number of hydrogen-bond acceptors (Lipinski definition) is 2.